The number of carbonyl (C=O) groups is 3. The van der Waals surface area contributed by atoms with Crippen molar-refractivity contribution in [2.75, 3.05) is 25.5 Å². The molecule has 0 aliphatic heterocycles. The van der Waals surface area contributed by atoms with Gasteiger partial charge in [0.2, 0.25) is 11.8 Å². The lowest BCUT2D eigenvalue weighted by Gasteiger charge is -2.15. The number of carbonyl (C=O) groups excluding carboxylic acids is 2. The Hall–Kier alpha value is -2.61. The Morgan fingerprint density at radius 1 is 1.22 bits per heavy atom. The molecule has 0 aromatic heterocycles. The van der Waals surface area contributed by atoms with Crippen molar-refractivity contribution in [2.45, 2.75) is 19.4 Å². The van der Waals surface area contributed by atoms with Crippen LogP contribution in [-0.4, -0.2) is 49.1 Å². The number of para-hydroxylation sites is 2. The molecule has 2 amide bonds. The van der Waals surface area contributed by atoms with E-state index in [2.05, 4.69) is 16.0 Å². The van der Waals surface area contributed by atoms with Crippen molar-refractivity contribution < 1.29 is 24.2 Å². The third-order valence-electron chi connectivity index (χ3n) is 2.96. The number of aliphatic carboxylic acids is 1. The van der Waals surface area contributed by atoms with Crippen LogP contribution in [0, 0.1) is 0 Å². The molecule has 1 atom stereocenters. The molecule has 1 aromatic carbocycles. The van der Waals surface area contributed by atoms with Gasteiger partial charge in [-0.2, -0.15) is 0 Å². The first-order valence-corrected chi connectivity index (χ1v) is 7.07. The molecule has 126 valence electrons. The Morgan fingerprint density at radius 3 is 2.52 bits per heavy atom. The van der Waals surface area contributed by atoms with Gasteiger partial charge < -0.3 is 25.8 Å². The molecule has 0 spiro atoms. The van der Waals surface area contributed by atoms with E-state index < -0.39 is 17.9 Å². The highest BCUT2D eigenvalue weighted by molar-refractivity contribution is 5.95. The molecule has 0 saturated heterocycles. The monoisotopic (exact) mass is 323 g/mol. The quantitative estimate of drug-likeness (QED) is 0.483. The summed E-state index contributed by atoms with van der Waals surface area (Å²) in [6.07, 6.45) is -0.243. The predicted octanol–water partition coefficient (Wildman–Crippen LogP) is 0.203. The number of nitrogens with one attached hydrogen (secondary N) is 3. The fourth-order valence-electron chi connectivity index (χ4n) is 1.87. The molecule has 0 unspecified atom stereocenters. The molecule has 0 fully saturated rings. The number of anilines is 1. The van der Waals surface area contributed by atoms with Crippen LogP contribution < -0.4 is 20.7 Å². The van der Waals surface area contributed by atoms with Crippen LogP contribution in [0.25, 0.3) is 0 Å². The second kappa shape index (κ2) is 9.42. The topological polar surface area (TPSA) is 117 Å². The maximum absolute atomic E-state index is 12.0. The third kappa shape index (κ3) is 6.79. The summed E-state index contributed by atoms with van der Waals surface area (Å²) in [5.41, 5.74) is 0.474. The zero-order chi connectivity index (χ0) is 17.2. The molecule has 4 N–H and O–H groups in total. The fourth-order valence-corrected chi connectivity index (χ4v) is 1.87. The molecule has 0 bridgehead atoms. The van der Waals surface area contributed by atoms with E-state index in [1.165, 1.54) is 14.0 Å². The van der Waals surface area contributed by atoms with Crippen LogP contribution in [0.15, 0.2) is 24.3 Å². The van der Waals surface area contributed by atoms with Crippen LogP contribution in [0.2, 0.25) is 0 Å². The van der Waals surface area contributed by atoms with Gasteiger partial charge in [-0.05, 0) is 12.1 Å². The van der Waals surface area contributed by atoms with E-state index in [0.717, 1.165) is 0 Å². The molecule has 23 heavy (non-hydrogen) atoms. The number of ether oxygens (including phenoxy) is 1. The van der Waals surface area contributed by atoms with Gasteiger partial charge in [0, 0.05) is 20.0 Å². The van der Waals surface area contributed by atoms with Gasteiger partial charge >= 0.3 is 5.97 Å². The highest BCUT2D eigenvalue weighted by atomic mass is 16.5. The number of carboxylic acid groups (broad SMARTS) is 1. The van der Waals surface area contributed by atoms with Gasteiger partial charge in [0.15, 0.2) is 0 Å². The molecule has 8 heteroatoms. The molecule has 0 aliphatic rings. The van der Waals surface area contributed by atoms with Crippen molar-refractivity contribution in [1.82, 2.24) is 10.6 Å². The minimum Gasteiger partial charge on any atom is -0.495 e. The van der Waals surface area contributed by atoms with Crippen LogP contribution in [-0.2, 0) is 14.4 Å². The summed E-state index contributed by atoms with van der Waals surface area (Å²) in [5.74, 6) is -1.30. The van der Waals surface area contributed by atoms with Crippen molar-refractivity contribution in [3.05, 3.63) is 24.3 Å². The maximum atomic E-state index is 12.0. The van der Waals surface area contributed by atoms with E-state index in [4.69, 9.17) is 9.84 Å². The van der Waals surface area contributed by atoms with Crippen molar-refractivity contribution >= 4 is 23.5 Å². The number of carboxylic acids is 1. The van der Waals surface area contributed by atoms with Crippen LogP contribution in [0.5, 0.6) is 5.75 Å². The molecule has 1 rings (SSSR count). The van der Waals surface area contributed by atoms with Crippen LogP contribution in [0.4, 0.5) is 5.69 Å². The molecule has 0 saturated carbocycles. The van der Waals surface area contributed by atoms with Gasteiger partial charge in [-0.15, -0.1) is 0 Å². The van der Waals surface area contributed by atoms with Gasteiger partial charge in [0.1, 0.15) is 11.8 Å². The second-order valence-corrected chi connectivity index (χ2v) is 4.78. The average molecular weight is 323 g/mol. The van der Waals surface area contributed by atoms with Crippen molar-refractivity contribution in [3.8, 4) is 5.75 Å². The number of rotatable bonds is 9. The number of benzene rings is 1. The molecule has 8 nitrogen and oxygen atoms in total. The van der Waals surface area contributed by atoms with Crippen molar-refractivity contribution in [3.63, 3.8) is 0 Å². The molecule has 0 radical (unpaired) electrons. The predicted molar refractivity (Wildman–Crippen MR) is 84.4 cm³/mol. The summed E-state index contributed by atoms with van der Waals surface area (Å²) in [6.45, 7) is 1.90. The van der Waals surface area contributed by atoms with E-state index in [1.54, 1.807) is 24.3 Å². The SMILES string of the molecule is COc1ccccc1NC(=O)C[C@H](NCCNC(C)=O)C(=O)O. The minimum absolute atomic E-state index is 0.201. The summed E-state index contributed by atoms with van der Waals surface area (Å²) < 4.78 is 5.11. The van der Waals surface area contributed by atoms with Crippen LogP contribution in [0.3, 0.4) is 0 Å². The second-order valence-electron chi connectivity index (χ2n) is 4.78. The Balaban J connectivity index is 2.53. The summed E-state index contributed by atoms with van der Waals surface area (Å²) in [5, 5.41) is 17.0. The van der Waals surface area contributed by atoms with E-state index in [0.29, 0.717) is 11.4 Å². The number of hydrogen-bond acceptors (Lipinski definition) is 5. The van der Waals surface area contributed by atoms with Crippen molar-refractivity contribution in [1.29, 1.82) is 0 Å². The van der Waals surface area contributed by atoms with Gasteiger partial charge in [0.05, 0.1) is 19.2 Å². The van der Waals surface area contributed by atoms with Crippen molar-refractivity contribution in [2.24, 2.45) is 0 Å². The first kappa shape index (κ1) is 18.4. The Bertz CT molecular complexity index is 562. The molecular formula is C15H21N3O5. The Morgan fingerprint density at radius 2 is 1.91 bits per heavy atom. The standard InChI is InChI=1S/C15H21N3O5/c1-10(19)16-7-8-17-12(15(21)22)9-14(20)18-11-5-3-4-6-13(11)23-2/h3-6,12,17H,7-9H2,1-2H3,(H,16,19)(H,18,20)(H,21,22)/t12-/m0/s1. The first-order chi connectivity index (χ1) is 10.9. The zero-order valence-electron chi connectivity index (χ0n) is 13.1. The number of hydrogen-bond donors (Lipinski definition) is 4. The lowest BCUT2D eigenvalue weighted by atomic mass is 10.2. The zero-order valence-corrected chi connectivity index (χ0v) is 13.1. The Kier molecular flexibility index (Phi) is 7.55. The van der Waals surface area contributed by atoms with Gasteiger partial charge in [-0.25, -0.2) is 0 Å². The van der Waals surface area contributed by atoms with E-state index >= 15 is 0 Å². The average Bonchev–Trinajstić information content (AvgIpc) is 2.50. The molecule has 1 aromatic rings. The summed E-state index contributed by atoms with van der Waals surface area (Å²) in [4.78, 5) is 33.9. The lowest BCUT2D eigenvalue weighted by molar-refractivity contribution is -0.141. The summed E-state index contributed by atoms with van der Waals surface area (Å²) in [6, 6.07) is 5.81. The lowest BCUT2D eigenvalue weighted by Crippen LogP contribution is -2.43. The first-order valence-electron chi connectivity index (χ1n) is 7.07. The normalized spacial score (nSPS) is 11.4. The van der Waals surface area contributed by atoms with Gasteiger partial charge in [-0.1, -0.05) is 12.1 Å². The van der Waals surface area contributed by atoms with Crippen LogP contribution >= 0.6 is 0 Å². The largest absolute Gasteiger partial charge is 0.495 e. The molecule has 0 aliphatic carbocycles. The highest BCUT2D eigenvalue weighted by Crippen LogP contribution is 2.23. The smallest absolute Gasteiger partial charge is 0.321 e. The number of methoxy groups -OCH3 is 1. The molecular weight excluding hydrogens is 302 g/mol. The third-order valence-corrected chi connectivity index (χ3v) is 2.96. The van der Waals surface area contributed by atoms with Crippen LogP contribution in [0.1, 0.15) is 13.3 Å². The maximum Gasteiger partial charge on any atom is 0.321 e. The fraction of sp³-hybridized carbons (Fsp3) is 0.400. The van der Waals surface area contributed by atoms with E-state index in [-0.39, 0.29) is 25.4 Å². The van der Waals surface area contributed by atoms with E-state index in [9.17, 15) is 14.4 Å². The number of amides is 2. The van der Waals surface area contributed by atoms with Gasteiger partial charge in [-0.3, -0.25) is 14.4 Å². The van der Waals surface area contributed by atoms with Gasteiger partial charge in [0.25, 0.3) is 0 Å². The molecule has 0 heterocycles. The Labute approximate surface area is 134 Å². The summed E-state index contributed by atoms with van der Waals surface area (Å²) in [7, 11) is 1.48. The minimum atomic E-state index is -1.14. The van der Waals surface area contributed by atoms with E-state index in [1.807, 2.05) is 0 Å². The highest BCUT2D eigenvalue weighted by Gasteiger charge is 2.21. The summed E-state index contributed by atoms with van der Waals surface area (Å²) >= 11 is 0.